The van der Waals surface area contributed by atoms with Crippen LogP contribution in [0.2, 0.25) is 0 Å². The second-order valence-electron chi connectivity index (χ2n) is 4.71. The van der Waals surface area contributed by atoms with Gasteiger partial charge in [0.1, 0.15) is 5.75 Å². The summed E-state index contributed by atoms with van der Waals surface area (Å²) in [5, 5.41) is 8.85. The maximum absolute atomic E-state index is 12.5. The van der Waals surface area contributed by atoms with Crippen molar-refractivity contribution in [2.45, 2.75) is 24.7 Å². The molecule has 1 saturated heterocycles. The first-order chi connectivity index (χ1) is 9.57. The van der Waals surface area contributed by atoms with Gasteiger partial charge in [0.15, 0.2) is 0 Å². The fourth-order valence-electron chi connectivity index (χ4n) is 2.25. The third-order valence-electron chi connectivity index (χ3n) is 3.41. The Morgan fingerprint density at radius 1 is 1.30 bits per heavy atom. The first-order valence-electron chi connectivity index (χ1n) is 6.70. The summed E-state index contributed by atoms with van der Waals surface area (Å²) in [7, 11) is -3.46. The fraction of sp³-hybridized carbons (Fsp3) is 0.500. The van der Waals surface area contributed by atoms with Gasteiger partial charge in [-0.25, -0.2) is 8.42 Å². The molecule has 1 fully saturated rings. The van der Waals surface area contributed by atoms with Crippen molar-refractivity contribution in [3.8, 4) is 11.8 Å². The van der Waals surface area contributed by atoms with Crippen LogP contribution in [-0.4, -0.2) is 32.4 Å². The van der Waals surface area contributed by atoms with Gasteiger partial charge in [-0.3, -0.25) is 0 Å². The Balaban J connectivity index is 2.12. The van der Waals surface area contributed by atoms with Crippen LogP contribution in [0.15, 0.2) is 29.2 Å². The molecule has 1 aromatic rings. The summed E-state index contributed by atoms with van der Waals surface area (Å²) in [6, 6.07) is 8.66. The van der Waals surface area contributed by atoms with E-state index >= 15 is 0 Å². The smallest absolute Gasteiger partial charge is 0.243 e. The summed E-state index contributed by atoms with van der Waals surface area (Å²) in [5.74, 6) is 0.636. The summed E-state index contributed by atoms with van der Waals surface area (Å²) in [6.45, 7) is 3.25. The Labute approximate surface area is 119 Å². The van der Waals surface area contributed by atoms with Gasteiger partial charge in [-0.1, -0.05) is 0 Å². The maximum Gasteiger partial charge on any atom is 0.243 e. The molecule has 0 atom stereocenters. The number of sulfonamides is 1. The average Bonchev–Trinajstić information content (AvgIpc) is 2.48. The van der Waals surface area contributed by atoms with E-state index in [-0.39, 0.29) is 10.8 Å². The number of hydrogen-bond acceptors (Lipinski definition) is 4. The normalized spacial score (nSPS) is 17.6. The molecule has 0 aliphatic carbocycles. The molecule has 20 heavy (non-hydrogen) atoms. The van der Waals surface area contributed by atoms with Crippen LogP contribution in [0.25, 0.3) is 0 Å². The first-order valence-corrected chi connectivity index (χ1v) is 8.14. The lowest BCUT2D eigenvalue weighted by Crippen LogP contribution is -2.38. The molecule has 1 aliphatic rings. The van der Waals surface area contributed by atoms with E-state index in [1.54, 1.807) is 24.3 Å². The molecular weight excluding hydrogens is 276 g/mol. The van der Waals surface area contributed by atoms with Crippen LogP contribution in [0.1, 0.15) is 19.8 Å². The second kappa shape index (κ2) is 6.25. The minimum absolute atomic E-state index is 0.0261. The van der Waals surface area contributed by atoms with E-state index < -0.39 is 10.0 Å². The molecule has 0 spiro atoms. The molecule has 6 heteroatoms. The number of nitrogens with zero attached hydrogens (tertiary/aromatic N) is 2. The highest BCUT2D eigenvalue weighted by atomic mass is 32.2. The number of ether oxygens (including phenoxy) is 1. The summed E-state index contributed by atoms with van der Waals surface area (Å²) in [5.41, 5.74) is 0. The molecule has 0 bridgehead atoms. The Morgan fingerprint density at radius 3 is 2.40 bits per heavy atom. The molecule has 0 aromatic heterocycles. The zero-order valence-electron chi connectivity index (χ0n) is 11.4. The van der Waals surface area contributed by atoms with Gasteiger partial charge >= 0.3 is 0 Å². The molecule has 0 amide bonds. The van der Waals surface area contributed by atoms with Crippen LogP contribution in [-0.2, 0) is 10.0 Å². The number of nitriles is 1. The second-order valence-corrected chi connectivity index (χ2v) is 6.65. The zero-order chi connectivity index (χ0) is 14.6. The van der Waals surface area contributed by atoms with Crippen LogP contribution in [0, 0.1) is 17.2 Å². The van der Waals surface area contributed by atoms with Crippen LogP contribution >= 0.6 is 0 Å². The summed E-state index contributed by atoms with van der Waals surface area (Å²) >= 11 is 0. The van der Waals surface area contributed by atoms with Crippen molar-refractivity contribution in [1.29, 1.82) is 5.26 Å². The lowest BCUT2D eigenvalue weighted by Gasteiger charge is -2.28. The largest absolute Gasteiger partial charge is 0.494 e. The monoisotopic (exact) mass is 294 g/mol. The Bertz CT molecular complexity index is 582. The number of piperidine rings is 1. The quantitative estimate of drug-likeness (QED) is 0.851. The molecular formula is C14H18N2O3S. The van der Waals surface area contributed by atoms with Gasteiger partial charge in [0.05, 0.1) is 17.6 Å². The third-order valence-corrected chi connectivity index (χ3v) is 5.32. The molecule has 0 unspecified atom stereocenters. The van der Waals surface area contributed by atoms with E-state index in [0.29, 0.717) is 38.3 Å². The van der Waals surface area contributed by atoms with Crippen molar-refractivity contribution in [3.05, 3.63) is 24.3 Å². The Morgan fingerprint density at radius 2 is 1.90 bits per heavy atom. The third kappa shape index (κ3) is 3.11. The van der Waals surface area contributed by atoms with Gasteiger partial charge in [-0.15, -0.1) is 0 Å². The molecule has 108 valence electrons. The summed E-state index contributed by atoms with van der Waals surface area (Å²) in [6.07, 6.45) is 1.21. The molecule has 0 radical (unpaired) electrons. The molecule has 1 aliphatic heterocycles. The van der Waals surface area contributed by atoms with E-state index in [1.807, 2.05) is 6.92 Å². The van der Waals surface area contributed by atoms with Gasteiger partial charge in [0, 0.05) is 19.0 Å². The SMILES string of the molecule is CCOc1ccc(S(=O)(=O)N2CCC(C#N)CC2)cc1. The number of benzene rings is 1. The van der Waals surface area contributed by atoms with Crippen molar-refractivity contribution in [3.63, 3.8) is 0 Å². The number of rotatable bonds is 4. The lowest BCUT2D eigenvalue weighted by atomic mass is 10.0. The lowest BCUT2D eigenvalue weighted by molar-refractivity contribution is 0.310. The van der Waals surface area contributed by atoms with E-state index in [9.17, 15) is 8.42 Å². The van der Waals surface area contributed by atoms with Gasteiger partial charge in [0.2, 0.25) is 10.0 Å². The van der Waals surface area contributed by atoms with Crippen molar-refractivity contribution in [2.75, 3.05) is 19.7 Å². The predicted molar refractivity (Wildman–Crippen MR) is 74.7 cm³/mol. The van der Waals surface area contributed by atoms with E-state index in [1.165, 1.54) is 4.31 Å². The minimum Gasteiger partial charge on any atom is -0.494 e. The van der Waals surface area contributed by atoms with Gasteiger partial charge in [-0.2, -0.15) is 9.57 Å². The zero-order valence-corrected chi connectivity index (χ0v) is 12.3. The van der Waals surface area contributed by atoms with Crippen LogP contribution < -0.4 is 4.74 Å². The average molecular weight is 294 g/mol. The van der Waals surface area contributed by atoms with E-state index in [2.05, 4.69) is 6.07 Å². The summed E-state index contributed by atoms with van der Waals surface area (Å²) < 4.78 is 31.7. The first kappa shape index (κ1) is 14.8. The van der Waals surface area contributed by atoms with Crippen LogP contribution in [0.3, 0.4) is 0 Å². The molecule has 0 saturated carbocycles. The standard InChI is InChI=1S/C14H18N2O3S/c1-2-19-13-3-5-14(6-4-13)20(17,18)16-9-7-12(11-15)8-10-16/h3-6,12H,2,7-10H2,1H3. The molecule has 5 nitrogen and oxygen atoms in total. The van der Waals surface area contributed by atoms with Crippen molar-refractivity contribution < 1.29 is 13.2 Å². The van der Waals surface area contributed by atoms with Gasteiger partial charge < -0.3 is 4.74 Å². The molecule has 1 aromatic carbocycles. The molecule has 1 heterocycles. The van der Waals surface area contributed by atoms with Gasteiger partial charge in [0.25, 0.3) is 0 Å². The predicted octanol–water partition coefficient (Wildman–Crippen LogP) is 2.01. The topological polar surface area (TPSA) is 70.4 Å². The highest BCUT2D eigenvalue weighted by Gasteiger charge is 2.29. The van der Waals surface area contributed by atoms with Gasteiger partial charge in [-0.05, 0) is 44.0 Å². The highest BCUT2D eigenvalue weighted by molar-refractivity contribution is 7.89. The van der Waals surface area contributed by atoms with Crippen molar-refractivity contribution in [2.24, 2.45) is 5.92 Å². The fourth-order valence-corrected chi connectivity index (χ4v) is 3.72. The van der Waals surface area contributed by atoms with Crippen molar-refractivity contribution in [1.82, 2.24) is 4.31 Å². The highest BCUT2D eigenvalue weighted by Crippen LogP contribution is 2.24. The Hall–Kier alpha value is -1.58. The Kier molecular flexibility index (Phi) is 4.63. The maximum atomic E-state index is 12.5. The van der Waals surface area contributed by atoms with Crippen LogP contribution in [0.4, 0.5) is 0 Å². The number of hydrogen-bond donors (Lipinski definition) is 0. The molecule has 0 N–H and O–H groups in total. The summed E-state index contributed by atoms with van der Waals surface area (Å²) in [4.78, 5) is 0.274. The van der Waals surface area contributed by atoms with E-state index in [0.717, 1.165) is 0 Å². The molecule has 2 rings (SSSR count). The van der Waals surface area contributed by atoms with E-state index in [4.69, 9.17) is 10.00 Å². The van der Waals surface area contributed by atoms with Crippen LogP contribution in [0.5, 0.6) is 5.75 Å². The van der Waals surface area contributed by atoms with Crippen molar-refractivity contribution >= 4 is 10.0 Å². The minimum atomic E-state index is -3.46.